The van der Waals surface area contributed by atoms with Crippen molar-refractivity contribution in [3.05, 3.63) is 47.5 Å². The molecule has 0 aliphatic carbocycles. The molecule has 2 aromatic heterocycles. The van der Waals surface area contributed by atoms with Crippen molar-refractivity contribution in [1.29, 1.82) is 0 Å². The molecule has 1 aromatic carbocycles. The Balaban J connectivity index is 2.14. The monoisotopic (exact) mass is 257 g/mol. The van der Waals surface area contributed by atoms with E-state index >= 15 is 0 Å². The summed E-state index contributed by atoms with van der Waals surface area (Å²) < 4.78 is 5.82. The van der Waals surface area contributed by atoms with Crippen LogP contribution in [0.1, 0.15) is 9.67 Å². The van der Waals surface area contributed by atoms with Crippen molar-refractivity contribution < 1.29 is 9.53 Å². The lowest BCUT2D eigenvalue weighted by Gasteiger charge is -1.96. The van der Waals surface area contributed by atoms with Crippen LogP contribution >= 0.6 is 11.3 Å². The number of carbonyl (C=O) groups is 1. The van der Waals surface area contributed by atoms with Crippen molar-refractivity contribution in [2.24, 2.45) is 0 Å². The van der Waals surface area contributed by atoms with Gasteiger partial charge in [-0.3, -0.25) is 0 Å². The first-order valence-corrected chi connectivity index (χ1v) is 6.36. The fraction of sp³-hybridized carbons (Fsp3) is 0.0714. The van der Waals surface area contributed by atoms with Crippen LogP contribution in [-0.4, -0.2) is 18.1 Å². The predicted molar refractivity (Wildman–Crippen MR) is 73.0 cm³/mol. The minimum absolute atomic E-state index is 0.288. The maximum atomic E-state index is 11.5. The van der Waals surface area contributed by atoms with Gasteiger partial charge in [-0.2, -0.15) is 0 Å². The topological polar surface area (TPSA) is 42.1 Å². The van der Waals surface area contributed by atoms with Gasteiger partial charge in [0.1, 0.15) is 4.88 Å². The van der Waals surface area contributed by atoms with Crippen LogP contribution < -0.4 is 0 Å². The summed E-state index contributed by atoms with van der Waals surface area (Å²) >= 11 is 1.45. The molecule has 3 aromatic rings. The number of nitrogens with one attached hydrogen (secondary N) is 1. The van der Waals surface area contributed by atoms with E-state index in [1.54, 1.807) is 0 Å². The van der Waals surface area contributed by atoms with Crippen molar-refractivity contribution in [3.63, 3.8) is 0 Å². The largest absolute Gasteiger partial charge is 0.465 e. The minimum atomic E-state index is -0.288. The lowest BCUT2D eigenvalue weighted by atomic mass is 10.1. The highest BCUT2D eigenvalue weighted by molar-refractivity contribution is 7.21. The first-order valence-electron chi connectivity index (χ1n) is 5.54. The Kier molecular flexibility index (Phi) is 2.64. The van der Waals surface area contributed by atoms with Crippen LogP contribution in [-0.2, 0) is 4.74 Å². The second kappa shape index (κ2) is 4.31. The first kappa shape index (κ1) is 11.0. The Labute approximate surface area is 108 Å². The number of carbonyl (C=O) groups excluding carboxylic acids is 1. The number of methoxy groups -OCH3 is 1. The third kappa shape index (κ3) is 1.71. The van der Waals surface area contributed by atoms with Crippen molar-refractivity contribution >= 4 is 27.5 Å². The normalized spacial score (nSPS) is 10.7. The molecule has 0 saturated heterocycles. The molecule has 4 heteroatoms. The highest BCUT2D eigenvalue weighted by Crippen LogP contribution is 2.34. The zero-order valence-corrected chi connectivity index (χ0v) is 10.6. The number of hydrogen-bond donors (Lipinski definition) is 1. The summed E-state index contributed by atoms with van der Waals surface area (Å²) in [6.45, 7) is 0. The van der Waals surface area contributed by atoms with Crippen LogP contribution in [0.3, 0.4) is 0 Å². The van der Waals surface area contributed by atoms with Gasteiger partial charge in [-0.05, 0) is 11.6 Å². The molecule has 0 saturated carbocycles. The Bertz CT molecular complexity index is 697. The lowest BCUT2D eigenvalue weighted by Crippen LogP contribution is -1.96. The molecule has 0 bridgehead atoms. The molecular weight excluding hydrogens is 246 g/mol. The Morgan fingerprint density at radius 1 is 1.28 bits per heavy atom. The third-order valence-corrected chi connectivity index (χ3v) is 3.97. The van der Waals surface area contributed by atoms with Crippen LogP contribution in [0.25, 0.3) is 21.3 Å². The molecule has 18 heavy (non-hydrogen) atoms. The van der Waals surface area contributed by atoms with Crippen molar-refractivity contribution in [3.8, 4) is 11.1 Å². The van der Waals surface area contributed by atoms with Gasteiger partial charge < -0.3 is 9.72 Å². The number of thiophene rings is 1. The number of H-pyrrole nitrogens is 1. The summed E-state index contributed by atoms with van der Waals surface area (Å²) in [6, 6.07) is 11.9. The van der Waals surface area contributed by atoms with E-state index in [9.17, 15) is 4.79 Å². The molecule has 0 aliphatic heterocycles. The summed E-state index contributed by atoms with van der Waals surface area (Å²) in [5.74, 6) is -0.288. The molecule has 0 amide bonds. The second-order valence-corrected chi connectivity index (χ2v) is 4.97. The van der Waals surface area contributed by atoms with Crippen LogP contribution in [0.4, 0.5) is 0 Å². The van der Waals surface area contributed by atoms with Gasteiger partial charge in [0.25, 0.3) is 0 Å². The molecule has 0 fully saturated rings. The summed E-state index contributed by atoms with van der Waals surface area (Å²) in [5, 5.41) is 0. The standard InChI is InChI=1S/C14H11NO2S/c1-17-14(16)12-7-11-13(18-12)10(8-15-11)9-5-3-2-4-6-9/h2-8,15H,1H3. The van der Waals surface area contributed by atoms with E-state index in [4.69, 9.17) is 4.74 Å². The lowest BCUT2D eigenvalue weighted by molar-refractivity contribution is 0.0606. The summed E-state index contributed by atoms with van der Waals surface area (Å²) in [4.78, 5) is 15.3. The summed E-state index contributed by atoms with van der Waals surface area (Å²) in [7, 11) is 1.40. The van der Waals surface area contributed by atoms with Crippen LogP contribution in [0.5, 0.6) is 0 Å². The quantitative estimate of drug-likeness (QED) is 0.711. The van der Waals surface area contributed by atoms with Crippen LogP contribution in [0.2, 0.25) is 0 Å². The molecule has 3 nitrogen and oxygen atoms in total. The highest BCUT2D eigenvalue weighted by Gasteiger charge is 2.14. The number of hydrogen-bond acceptors (Lipinski definition) is 3. The van der Waals surface area contributed by atoms with E-state index in [0.29, 0.717) is 4.88 Å². The van der Waals surface area contributed by atoms with Gasteiger partial charge in [-0.15, -0.1) is 11.3 Å². The van der Waals surface area contributed by atoms with Crippen molar-refractivity contribution in [2.75, 3.05) is 7.11 Å². The molecule has 0 radical (unpaired) electrons. The summed E-state index contributed by atoms with van der Waals surface area (Å²) in [5.41, 5.74) is 3.23. The van der Waals surface area contributed by atoms with E-state index in [1.165, 1.54) is 18.4 Å². The predicted octanol–water partition coefficient (Wildman–Crippen LogP) is 3.68. The van der Waals surface area contributed by atoms with Gasteiger partial charge in [-0.25, -0.2) is 4.79 Å². The van der Waals surface area contributed by atoms with Gasteiger partial charge >= 0.3 is 5.97 Å². The van der Waals surface area contributed by atoms with Crippen molar-refractivity contribution in [1.82, 2.24) is 4.98 Å². The first-order chi connectivity index (χ1) is 8.79. The highest BCUT2D eigenvalue weighted by atomic mass is 32.1. The van der Waals surface area contributed by atoms with E-state index in [1.807, 2.05) is 30.5 Å². The molecule has 0 spiro atoms. The van der Waals surface area contributed by atoms with Gasteiger partial charge in [0.2, 0.25) is 0 Å². The number of fused-ring (bicyclic) bond motifs is 1. The number of ether oxygens (including phenoxy) is 1. The summed E-state index contributed by atoms with van der Waals surface area (Å²) in [6.07, 6.45) is 1.97. The van der Waals surface area contributed by atoms with Gasteiger partial charge in [0.15, 0.2) is 0 Å². The smallest absolute Gasteiger partial charge is 0.348 e. The minimum Gasteiger partial charge on any atom is -0.465 e. The van der Waals surface area contributed by atoms with E-state index < -0.39 is 0 Å². The fourth-order valence-electron chi connectivity index (χ4n) is 1.95. The molecular formula is C14H11NO2S. The Hall–Kier alpha value is -2.07. The molecule has 0 atom stereocenters. The van der Waals surface area contributed by atoms with Crippen molar-refractivity contribution in [2.45, 2.75) is 0 Å². The number of rotatable bonds is 2. The van der Waals surface area contributed by atoms with E-state index in [0.717, 1.165) is 21.3 Å². The maximum absolute atomic E-state index is 11.5. The van der Waals surface area contributed by atoms with E-state index in [2.05, 4.69) is 17.1 Å². The van der Waals surface area contributed by atoms with Gasteiger partial charge in [0, 0.05) is 11.8 Å². The average Bonchev–Trinajstić information content (AvgIpc) is 2.98. The third-order valence-electron chi connectivity index (χ3n) is 2.82. The number of aromatic amines is 1. The molecule has 0 aliphatic rings. The second-order valence-electron chi connectivity index (χ2n) is 3.91. The zero-order valence-electron chi connectivity index (χ0n) is 9.77. The molecule has 1 N–H and O–H groups in total. The number of esters is 1. The molecule has 0 unspecified atom stereocenters. The SMILES string of the molecule is COC(=O)c1cc2[nH]cc(-c3ccccc3)c2s1. The fourth-order valence-corrected chi connectivity index (χ4v) is 3.03. The molecule has 90 valence electrons. The van der Waals surface area contributed by atoms with Gasteiger partial charge in [-0.1, -0.05) is 30.3 Å². The Morgan fingerprint density at radius 3 is 2.78 bits per heavy atom. The van der Waals surface area contributed by atoms with E-state index in [-0.39, 0.29) is 5.97 Å². The Morgan fingerprint density at radius 2 is 2.06 bits per heavy atom. The maximum Gasteiger partial charge on any atom is 0.348 e. The molecule has 3 rings (SSSR count). The number of benzene rings is 1. The average molecular weight is 257 g/mol. The molecule has 2 heterocycles. The van der Waals surface area contributed by atoms with Crippen LogP contribution in [0.15, 0.2) is 42.6 Å². The number of aromatic nitrogens is 1. The zero-order chi connectivity index (χ0) is 12.5. The van der Waals surface area contributed by atoms with Crippen LogP contribution in [0, 0.1) is 0 Å². The van der Waals surface area contributed by atoms with Gasteiger partial charge in [0.05, 0.1) is 17.3 Å².